The van der Waals surface area contributed by atoms with Gasteiger partial charge >= 0.3 is 11.7 Å². The van der Waals surface area contributed by atoms with Crippen molar-refractivity contribution in [3.05, 3.63) is 32.3 Å². The van der Waals surface area contributed by atoms with Crippen LogP contribution in [0.15, 0.2) is 16.6 Å². The highest BCUT2D eigenvalue weighted by molar-refractivity contribution is 9.10. The molecule has 1 aromatic carbocycles. The zero-order valence-electron chi connectivity index (χ0n) is 12.0. The lowest BCUT2D eigenvalue weighted by Gasteiger charge is -2.26. The molecule has 0 amide bonds. The minimum atomic E-state index is -1.32. The zero-order chi connectivity index (χ0) is 16.2. The van der Waals surface area contributed by atoms with Crippen LogP contribution in [0, 0.1) is 17.0 Å². The van der Waals surface area contributed by atoms with Crippen molar-refractivity contribution in [1.29, 1.82) is 0 Å². The maximum absolute atomic E-state index is 11.3. The molecule has 2 N–H and O–H groups in total. The number of hydrogen-bond acceptors (Lipinski definition) is 5. The van der Waals surface area contributed by atoms with Crippen molar-refractivity contribution in [3.63, 3.8) is 0 Å². The Labute approximate surface area is 130 Å². The minimum Gasteiger partial charge on any atom is -0.484 e. The predicted molar refractivity (Wildman–Crippen MR) is 80.7 cm³/mol. The second kappa shape index (κ2) is 6.86. The number of aliphatic carboxylic acids is 1. The molecule has 1 aromatic rings. The molecule has 0 radical (unpaired) electrons. The lowest BCUT2D eigenvalue weighted by atomic mass is 10.0. The fourth-order valence-corrected chi connectivity index (χ4v) is 2.39. The molecule has 21 heavy (non-hydrogen) atoms. The molecule has 0 aliphatic heterocycles. The summed E-state index contributed by atoms with van der Waals surface area (Å²) in [6.45, 7) is 5.12. The molecule has 0 aliphatic carbocycles. The van der Waals surface area contributed by atoms with Crippen molar-refractivity contribution in [2.75, 3.05) is 13.2 Å². The molecule has 116 valence electrons. The molecule has 0 fully saturated rings. The smallest absolute Gasteiger partial charge is 0.327 e. The molecule has 0 saturated carbocycles. The highest BCUT2D eigenvalue weighted by Crippen LogP contribution is 2.34. The van der Waals surface area contributed by atoms with E-state index in [2.05, 4.69) is 21.2 Å². The molecule has 0 aromatic heterocycles. The summed E-state index contributed by atoms with van der Waals surface area (Å²) in [6.07, 6.45) is 0. The van der Waals surface area contributed by atoms with E-state index in [9.17, 15) is 20.0 Å². The molecular formula is C13H17BrN2O5. The molecular weight excluding hydrogens is 344 g/mol. The third-order valence-electron chi connectivity index (χ3n) is 2.96. The summed E-state index contributed by atoms with van der Waals surface area (Å²) in [5.41, 5.74) is -0.964. The molecule has 1 unspecified atom stereocenters. The number of carboxylic acids is 1. The summed E-state index contributed by atoms with van der Waals surface area (Å²) in [5, 5.41) is 23.1. The number of carbonyl (C=O) groups is 1. The summed E-state index contributed by atoms with van der Waals surface area (Å²) in [7, 11) is 0. The highest BCUT2D eigenvalue weighted by Gasteiger charge is 2.34. The zero-order valence-corrected chi connectivity index (χ0v) is 13.6. The number of ether oxygens (including phenoxy) is 1. The van der Waals surface area contributed by atoms with Crippen molar-refractivity contribution in [2.24, 2.45) is 0 Å². The Balaban J connectivity index is 3.08. The van der Waals surface area contributed by atoms with E-state index in [1.165, 1.54) is 13.0 Å². The van der Waals surface area contributed by atoms with Crippen LogP contribution in [-0.4, -0.2) is 34.7 Å². The first-order valence-corrected chi connectivity index (χ1v) is 7.06. The average molecular weight is 361 g/mol. The van der Waals surface area contributed by atoms with Crippen LogP contribution >= 0.6 is 15.9 Å². The maximum atomic E-state index is 11.3. The lowest BCUT2D eigenvalue weighted by Crippen LogP contribution is -2.53. The molecule has 0 spiro atoms. The van der Waals surface area contributed by atoms with Gasteiger partial charge in [-0.25, -0.2) is 0 Å². The Morgan fingerprint density at radius 3 is 2.67 bits per heavy atom. The van der Waals surface area contributed by atoms with Crippen molar-refractivity contribution >= 4 is 27.6 Å². The third kappa shape index (κ3) is 4.15. The number of aryl methyl sites for hydroxylation is 1. The number of nitrogens with one attached hydrogen (secondary N) is 1. The van der Waals surface area contributed by atoms with Crippen molar-refractivity contribution in [3.8, 4) is 5.75 Å². The second-order valence-corrected chi connectivity index (χ2v) is 5.70. The Hall–Kier alpha value is -1.67. The van der Waals surface area contributed by atoms with Crippen LogP contribution < -0.4 is 10.1 Å². The molecule has 0 aliphatic rings. The van der Waals surface area contributed by atoms with Gasteiger partial charge in [-0.2, -0.15) is 0 Å². The summed E-state index contributed by atoms with van der Waals surface area (Å²) in [5.74, 6) is -1.00. The Kier molecular flexibility index (Phi) is 5.68. The fourth-order valence-electron chi connectivity index (χ4n) is 1.83. The van der Waals surface area contributed by atoms with Crippen LogP contribution in [0.4, 0.5) is 5.69 Å². The van der Waals surface area contributed by atoms with Gasteiger partial charge in [0.2, 0.25) is 0 Å². The highest BCUT2D eigenvalue weighted by atomic mass is 79.9. The van der Waals surface area contributed by atoms with Crippen molar-refractivity contribution < 1.29 is 19.6 Å². The van der Waals surface area contributed by atoms with Crippen LogP contribution in [0.25, 0.3) is 0 Å². The van der Waals surface area contributed by atoms with E-state index in [0.29, 0.717) is 16.6 Å². The molecule has 1 atom stereocenters. The Bertz CT molecular complexity index is 564. The molecule has 0 heterocycles. The number of nitro benzene ring substituents is 1. The standard InChI is InChI=1S/C13H17BrN2O5/c1-4-15-13(3,12(17)18)7-21-11-8(2)5-9(14)6-10(11)16(19)20/h5-6,15H,4,7H2,1-3H3,(H,17,18). The van der Waals surface area contributed by atoms with Crippen LogP contribution in [0.1, 0.15) is 19.4 Å². The number of benzene rings is 1. The minimum absolute atomic E-state index is 0.0774. The van der Waals surface area contributed by atoms with Crippen LogP contribution in [-0.2, 0) is 4.79 Å². The van der Waals surface area contributed by atoms with Gasteiger partial charge in [-0.15, -0.1) is 0 Å². The SMILES string of the molecule is CCNC(C)(COc1c(C)cc(Br)cc1[N+](=O)[O-])C(=O)O. The number of rotatable bonds is 7. The van der Waals surface area contributed by atoms with Crippen LogP contribution in [0.3, 0.4) is 0 Å². The largest absolute Gasteiger partial charge is 0.484 e. The van der Waals surface area contributed by atoms with Gasteiger partial charge in [0.05, 0.1) is 4.92 Å². The van der Waals surface area contributed by atoms with E-state index in [4.69, 9.17) is 4.74 Å². The van der Waals surface area contributed by atoms with Gasteiger partial charge in [-0.3, -0.25) is 20.2 Å². The quantitative estimate of drug-likeness (QED) is 0.572. The number of carboxylic acid groups (broad SMARTS) is 1. The normalized spacial score (nSPS) is 13.5. The number of hydrogen-bond donors (Lipinski definition) is 2. The summed E-state index contributed by atoms with van der Waals surface area (Å²) >= 11 is 3.19. The van der Waals surface area contributed by atoms with Crippen molar-refractivity contribution in [2.45, 2.75) is 26.3 Å². The van der Waals surface area contributed by atoms with E-state index >= 15 is 0 Å². The van der Waals surface area contributed by atoms with Gasteiger partial charge < -0.3 is 9.84 Å². The first-order chi connectivity index (χ1) is 9.71. The summed E-state index contributed by atoms with van der Waals surface area (Å²) < 4.78 is 6.02. The van der Waals surface area contributed by atoms with E-state index in [0.717, 1.165) is 0 Å². The van der Waals surface area contributed by atoms with Gasteiger partial charge in [0.25, 0.3) is 0 Å². The lowest BCUT2D eigenvalue weighted by molar-refractivity contribution is -0.386. The molecule has 1 rings (SSSR count). The van der Waals surface area contributed by atoms with Gasteiger partial charge in [-0.1, -0.05) is 22.9 Å². The monoisotopic (exact) mass is 360 g/mol. The Morgan fingerprint density at radius 1 is 1.57 bits per heavy atom. The van der Waals surface area contributed by atoms with Gasteiger partial charge in [0, 0.05) is 10.5 Å². The maximum Gasteiger partial charge on any atom is 0.327 e. The predicted octanol–water partition coefficient (Wildman–Crippen LogP) is 2.50. The number of likely N-dealkylation sites (N-methyl/N-ethyl adjacent to an activating group) is 1. The first-order valence-electron chi connectivity index (χ1n) is 6.27. The van der Waals surface area contributed by atoms with E-state index in [-0.39, 0.29) is 18.0 Å². The van der Waals surface area contributed by atoms with Crippen molar-refractivity contribution in [1.82, 2.24) is 5.32 Å². The fraction of sp³-hybridized carbons (Fsp3) is 0.462. The average Bonchev–Trinajstić information content (AvgIpc) is 2.36. The molecule has 0 bridgehead atoms. The van der Waals surface area contributed by atoms with E-state index in [1.54, 1.807) is 19.9 Å². The molecule has 7 nitrogen and oxygen atoms in total. The van der Waals surface area contributed by atoms with Crippen LogP contribution in [0.5, 0.6) is 5.75 Å². The van der Waals surface area contributed by atoms with Crippen LogP contribution in [0.2, 0.25) is 0 Å². The number of nitro groups is 1. The topological polar surface area (TPSA) is 102 Å². The second-order valence-electron chi connectivity index (χ2n) is 4.78. The molecule has 8 heteroatoms. The molecule has 0 saturated heterocycles. The first kappa shape index (κ1) is 17.4. The van der Waals surface area contributed by atoms with E-state index in [1.807, 2.05) is 0 Å². The third-order valence-corrected chi connectivity index (χ3v) is 3.42. The number of nitrogens with zero attached hydrogens (tertiary/aromatic N) is 1. The van der Waals surface area contributed by atoms with Gasteiger partial charge in [-0.05, 0) is 32.0 Å². The Morgan fingerprint density at radius 2 is 2.19 bits per heavy atom. The van der Waals surface area contributed by atoms with Gasteiger partial charge in [0.15, 0.2) is 5.75 Å². The number of halogens is 1. The summed E-state index contributed by atoms with van der Waals surface area (Å²) in [6, 6.07) is 3.00. The van der Waals surface area contributed by atoms with E-state index < -0.39 is 16.4 Å². The summed E-state index contributed by atoms with van der Waals surface area (Å²) in [4.78, 5) is 21.8. The van der Waals surface area contributed by atoms with Gasteiger partial charge in [0.1, 0.15) is 12.1 Å².